The largest absolute Gasteiger partial charge is 0.483 e. The van der Waals surface area contributed by atoms with E-state index in [4.69, 9.17) is 13.9 Å². The molecule has 0 spiro atoms. The van der Waals surface area contributed by atoms with Gasteiger partial charge in [-0.3, -0.25) is 4.79 Å². The van der Waals surface area contributed by atoms with Gasteiger partial charge in [-0.25, -0.2) is 4.79 Å². The predicted molar refractivity (Wildman–Crippen MR) is 119 cm³/mol. The summed E-state index contributed by atoms with van der Waals surface area (Å²) in [6, 6.07) is 13.6. The zero-order valence-electron chi connectivity index (χ0n) is 17.9. The summed E-state index contributed by atoms with van der Waals surface area (Å²) in [6.45, 7) is 4.92. The Morgan fingerprint density at radius 3 is 2.68 bits per heavy atom. The fourth-order valence-electron chi connectivity index (χ4n) is 3.96. The van der Waals surface area contributed by atoms with Gasteiger partial charge in [0.1, 0.15) is 11.3 Å². The van der Waals surface area contributed by atoms with Crippen LogP contribution in [0.3, 0.4) is 0 Å². The lowest BCUT2D eigenvalue weighted by Crippen LogP contribution is -2.35. The van der Waals surface area contributed by atoms with Crippen molar-refractivity contribution in [3.05, 3.63) is 75.1 Å². The zero-order valence-corrected chi connectivity index (χ0v) is 17.9. The van der Waals surface area contributed by atoms with Crippen molar-refractivity contribution >= 4 is 16.9 Å². The number of ether oxygens (including phenoxy) is 2. The van der Waals surface area contributed by atoms with Crippen LogP contribution >= 0.6 is 0 Å². The maximum atomic E-state index is 12.7. The van der Waals surface area contributed by atoms with Gasteiger partial charge in [-0.1, -0.05) is 30.3 Å². The van der Waals surface area contributed by atoms with Crippen LogP contribution in [0, 0.1) is 13.8 Å². The maximum Gasteiger partial charge on any atom is 0.340 e. The minimum absolute atomic E-state index is 0.0914. The van der Waals surface area contributed by atoms with E-state index in [0.29, 0.717) is 35.4 Å². The highest BCUT2D eigenvalue weighted by atomic mass is 16.5. The Labute approximate surface area is 181 Å². The van der Waals surface area contributed by atoms with E-state index in [1.807, 2.05) is 56.3 Å². The van der Waals surface area contributed by atoms with Crippen LogP contribution in [0.5, 0.6) is 5.75 Å². The molecule has 1 aliphatic heterocycles. The number of fused-ring (bicyclic) bond motifs is 1. The van der Waals surface area contributed by atoms with Gasteiger partial charge in [0.25, 0.3) is 5.91 Å². The van der Waals surface area contributed by atoms with Gasteiger partial charge in [0, 0.05) is 36.1 Å². The third-order valence-electron chi connectivity index (χ3n) is 5.79. The van der Waals surface area contributed by atoms with E-state index < -0.39 is 0 Å². The van der Waals surface area contributed by atoms with E-state index in [1.54, 1.807) is 0 Å². The van der Waals surface area contributed by atoms with Crippen LogP contribution in [0.15, 0.2) is 51.7 Å². The summed E-state index contributed by atoms with van der Waals surface area (Å²) >= 11 is 0. The summed E-state index contributed by atoms with van der Waals surface area (Å²) in [5, 5.41) is 3.71. The quantitative estimate of drug-likeness (QED) is 0.589. The topological polar surface area (TPSA) is 77.8 Å². The molecule has 0 saturated carbocycles. The average molecular weight is 421 g/mol. The maximum absolute atomic E-state index is 12.7. The monoisotopic (exact) mass is 421 g/mol. The molecular weight excluding hydrogens is 394 g/mol. The molecule has 1 atom stereocenters. The fourth-order valence-corrected chi connectivity index (χ4v) is 3.96. The number of hydrogen-bond acceptors (Lipinski definition) is 5. The molecule has 2 aromatic carbocycles. The first-order valence-electron chi connectivity index (χ1n) is 10.6. The third kappa shape index (κ3) is 4.80. The molecular formula is C25H27NO5. The van der Waals surface area contributed by atoms with Crippen molar-refractivity contribution in [2.45, 2.75) is 39.2 Å². The molecule has 4 rings (SSSR count). The fraction of sp³-hybridized carbons (Fsp3) is 0.360. The summed E-state index contributed by atoms with van der Waals surface area (Å²) in [4.78, 5) is 24.8. The van der Waals surface area contributed by atoms with Crippen molar-refractivity contribution in [2.24, 2.45) is 0 Å². The summed E-state index contributed by atoms with van der Waals surface area (Å²) in [6.07, 6.45) is 2.61. The molecule has 162 valence electrons. The molecule has 0 unspecified atom stereocenters. The molecule has 1 fully saturated rings. The van der Waals surface area contributed by atoms with Crippen molar-refractivity contribution < 1.29 is 18.7 Å². The lowest BCUT2D eigenvalue weighted by atomic mass is 9.98. The molecule has 2 heterocycles. The molecule has 3 aromatic rings. The Bertz CT molecular complexity index is 1130. The second kappa shape index (κ2) is 9.35. The minimum Gasteiger partial charge on any atom is -0.483 e. The molecule has 6 nitrogen and oxygen atoms in total. The van der Waals surface area contributed by atoms with Crippen molar-refractivity contribution in [3.8, 4) is 5.75 Å². The van der Waals surface area contributed by atoms with Gasteiger partial charge in [-0.05, 0) is 49.9 Å². The Morgan fingerprint density at radius 1 is 1.13 bits per heavy atom. The molecule has 1 amide bonds. The number of carbonyl (C=O) groups is 1. The first-order chi connectivity index (χ1) is 15.0. The Kier molecular flexibility index (Phi) is 6.37. The highest BCUT2D eigenvalue weighted by Crippen LogP contribution is 2.30. The average Bonchev–Trinajstić information content (AvgIpc) is 3.30. The standard InChI is InChI=1S/C25H27NO5/c1-16-20-10-11-22(30-15-23(27)26-14-19-9-6-12-29-19)17(2)24(20)31-25(28)21(16)13-18-7-4-3-5-8-18/h3-5,7-8,10-11,19H,6,9,12-15H2,1-2H3,(H,26,27)/t19-/m1/s1. The van der Waals surface area contributed by atoms with Gasteiger partial charge in [-0.15, -0.1) is 0 Å². The number of rotatable bonds is 7. The van der Waals surface area contributed by atoms with Gasteiger partial charge in [0.05, 0.1) is 6.10 Å². The Balaban J connectivity index is 1.50. The number of hydrogen-bond donors (Lipinski definition) is 1. The summed E-state index contributed by atoms with van der Waals surface area (Å²) in [5.74, 6) is 0.323. The van der Waals surface area contributed by atoms with Gasteiger partial charge >= 0.3 is 5.63 Å². The van der Waals surface area contributed by atoms with Crippen LogP contribution in [-0.2, 0) is 16.0 Å². The molecule has 6 heteroatoms. The van der Waals surface area contributed by atoms with E-state index in [1.165, 1.54) is 0 Å². The van der Waals surface area contributed by atoms with E-state index in [0.717, 1.165) is 36.0 Å². The molecule has 1 saturated heterocycles. The van der Waals surface area contributed by atoms with Crippen molar-refractivity contribution in [1.82, 2.24) is 5.32 Å². The molecule has 0 aliphatic carbocycles. The molecule has 0 radical (unpaired) electrons. The second-order valence-corrected chi connectivity index (χ2v) is 7.95. The van der Waals surface area contributed by atoms with Crippen LogP contribution in [0.4, 0.5) is 0 Å². The lowest BCUT2D eigenvalue weighted by Gasteiger charge is -2.14. The SMILES string of the molecule is Cc1c(Cc2ccccc2)c(=O)oc2c(C)c(OCC(=O)NC[C@H]3CCCO3)ccc12. The van der Waals surface area contributed by atoms with Gasteiger partial charge in [0.15, 0.2) is 6.61 Å². The van der Waals surface area contributed by atoms with Crippen molar-refractivity contribution in [1.29, 1.82) is 0 Å². The van der Waals surface area contributed by atoms with Crippen molar-refractivity contribution in [2.75, 3.05) is 19.8 Å². The summed E-state index contributed by atoms with van der Waals surface area (Å²) in [5.41, 5.74) is 3.47. The van der Waals surface area contributed by atoms with E-state index >= 15 is 0 Å². The van der Waals surface area contributed by atoms with Crippen LogP contribution in [0.1, 0.15) is 35.1 Å². The minimum atomic E-state index is -0.344. The molecule has 1 N–H and O–H groups in total. The van der Waals surface area contributed by atoms with E-state index in [2.05, 4.69) is 5.32 Å². The predicted octanol–water partition coefficient (Wildman–Crippen LogP) is 3.67. The number of aryl methyl sites for hydroxylation is 2. The Morgan fingerprint density at radius 2 is 1.94 bits per heavy atom. The van der Waals surface area contributed by atoms with Crippen LogP contribution in [0.25, 0.3) is 11.0 Å². The van der Waals surface area contributed by atoms with Crippen LogP contribution in [-0.4, -0.2) is 31.8 Å². The van der Waals surface area contributed by atoms with Crippen molar-refractivity contribution in [3.63, 3.8) is 0 Å². The first-order valence-corrected chi connectivity index (χ1v) is 10.6. The third-order valence-corrected chi connectivity index (χ3v) is 5.79. The second-order valence-electron chi connectivity index (χ2n) is 7.95. The van der Waals surface area contributed by atoms with Gasteiger partial charge in [-0.2, -0.15) is 0 Å². The Hall–Kier alpha value is -3.12. The zero-order chi connectivity index (χ0) is 21.8. The van der Waals surface area contributed by atoms with E-state index in [9.17, 15) is 9.59 Å². The van der Waals surface area contributed by atoms with Gasteiger partial charge in [0.2, 0.25) is 0 Å². The number of amides is 1. The van der Waals surface area contributed by atoms with Crippen LogP contribution in [0.2, 0.25) is 0 Å². The molecule has 31 heavy (non-hydrogen) atoms. The number of nitrogens with one attached hydrogen (secondary N) is 1. The number of benzene rings is 2. The van der Waals surface area contributed by atoms with Crippen LogP contribution < -0.4 is 15.7 Å². The molecule has 1 aliphatic rings. The smallest absolute Gasteiger partial charge is 0.340 e. The molecule has 0 bridgehead atoms. The van der Waals surface area contributed by atoms with E-state index in [-0.39, 0.29) is 24.2 Å². The summed E-state index contributed by atoms with van der Waals surface area (Å²) < 4.78 is 16.9. The number of carbonyl (C=O) groups excluding carboxylic acids is 1. The lowest BCUT2D eigenvalue weighted by molar-refractivity contribution is -0.123. The first kappa shape index (κ1) is 21.1. The highest BCUT2D eigenvalue weighted by molar-refractivity contribution is 5.86. The molecule has 1 aromatic heterocycles. The highest BCUT2D eigenvalue weighted by Gasteiger charge is 2.18. The normalized spacial score (nSPS) is 15.9. The van der Waals surface area contributed by atoms with Gasteiger partial charge < -0.3 is 19.2 Å². The summed E-state index contributed by atoms with van der Waals surface area (Å²) in [7, 11) is 0.